The summed E-state index contributed by atoms with van der Waals surface area (Å²) in [4.78, 5) is 12.6. The van der Waals surface area contributed by atoms with Crippen LogP contribution in [0.25, 0.3) is 0 Å². The predicted octanol–water partition coefficient (Wildman–Crippen LogP) is 4.53. The summed E-state index contributed by atoms with van der Waals surface area (Å²) in [6, 6.07) is 11.7. The Morgan fingerprint density at radius 3 is 2.65 bits per heavy atom. The molecule has 0 unspecified atom stereocenters. The van der Waals surface area contributed by atoms with E-state index in [1.165, 1.54) is 22.5 Å². The quantitative estimate of drug-likeness (QED) is 0.742. The summed E-state index contributed by atoms with van der Waals surface area (Å²) >= 11 is 7.16. The van der Waals surface area contributed by atoms with Crippen LogP contribution in [-0.4, -0.2) is 5.78 Å². The number of rotatable bonds is 4. The highest BCUT2D eigenvalue weighted by Gasteiger charge is 2.09. The number of halogens is 1. The third-order valence-electron chi connectivity index (χ3n) is 2.73. The lowest BCUT2D eigenvalue weighted by atomic mass is 10.0. The summed E-state index contributed by atoms with van der Waals surface area (Å²) in [5.74, 6) is 0.171. The van der Waals surface area contributed by atoms with E-state index in [-0.39, 0.29) is 5.78 Å². The maximum atomic E-state index is 11.9. The highest BCUT2D eigenvalue weighted by molar-refractivity contribution is 7.18. The first kappa shape index (κ1) is 12.3. The monoisotopic (exact) mass is 264 g/mol. The Bertz CT molecular complexity index is 531. The third-order valence-corrected chi connectivity index (χ3v) is 4.00. The molecule has 0 spiro atoms. The van der Waals surface area contributed by atoms with Crippen molar-refractivity contribution in [3.8, 4) is 0 Å². The molecule has 0 saturated carbocycles. The first-order valence-electron chi connectivity index (χ1n) is 5.50. The van der Waals surface area contributed by atoms with Gasteiger partial charge < -0.3 is 0 Å². The molecule has 1 aromatic heterocycles. The van der Waals surface area contributed by atoms with Crippen LogP contribution in [0.2, 0.25) is 4.34 Å². The lowest BCUT2D eigenvalue weighted by Crippen LogP contribution is -1.99. The van der Waals surface area contributed by atoms with Crippen molar-refractivity contribution in [2.24, 2.45) is 0 Å². The fraction of sp³-hybridized carbons (Fsp3) is 0.214. The largest absolute Gasteiger partial charge is 0.293 e. The Labute approximate surface area is 110 Å². The number of aryl methyl sites for hydroxylation is 2. The van der Waals surface area contributed by atoms with E-state index in [1.54, 1.807) is 12.1 Å². The van der Waals surface area contributed by atoms with Crippen LogP contribution < -0.4 is 0 Å². The van der Waals surface area contributed by atoms with Crippen LogP contribution in [0.3, 0.4) is 0 Å². The van der Waals surface area contributed by atoms with E-state index in [0.717, 1.165) is 11.3 Å². The molecule has 0 aliphatic rings. The average molecular weight is 265 g/mol. The van der Waals surface area contributed by atoms with Crippen LogP contribution in [0.15, 0.2) is 36.4 Å². The highest BCUT2D eigenvalue weighted by Crippen LogP contribution is 2.23. The van der Waals surface area contributed by atoms with Crippen molar-refractivity contribution >= 4 is 28.7 Å². The number of thiophene rings is 1. The summed E-state index contributed by atoms with van der Waals surface area (Å²) < 4.78 is 0.671. The zero-order valence-electron chi connectivity index (χ0n) is 9.57. The van der Waals surface area contributed by atoms with E-state index < -0.39 is 0 Å². The molecule has 3 heteroatoms. The molecule has 0 N–H and O–H groups in total. The second-order valence-electron chi connectivity index (χ2n) is 3.95. The molecule has 0 saturated heterocycles. The Balaban J connectivity index is 1.99. The zero-order chi connectivity index (χ0) is 12.3. The lowest BCUT2D eigenvalue weighted by Gasteiger charge is -2.03. The van der Waals surface area contributed by atoms with E-state index in [4.69, 9.17) is 11.6 Å². The molecule has 0 radical (unpaired) electrons. The first-order valence-corrected chi connectivity index (χ1v) is 6.69. The second-order valence-corrected chi connectivity index (χ2v) is 5.67. The maximum absolute atomic E-state index is 11.9. The minimum atomic E-state index is 0.171. The van der Waals surface area contributed by atoms with Crippen LogP contribution in [0.5, 0.6) is 0 Å². The van der Waals surface area contributed by atoms with Crippen molar-refractivity contribution < 1.29 is 4.79 Å². The molecule has 0 aliphatic carbocycles. The Morgan fingerprint density at radius 1 is 1.24 bits per heavy atom. The summed E-state index contributed by atoms with van der Waals surface area (Å²) in [6.07, 6.45) is 1.34. The minimum absolute atomic E-state index is 0.171. The molecule has 0 atom stereocenters. The van der Waals surface area contributed by atoms with Crippen LogP contribution in [0.4, 0.5) is 0 Å². The fourth-order valence-electron chi connectivity index (χ4n) is 1.73. The van der Waals surface area contributed by atoms with Crippen molar-refractivity contribution in [2.45, 2.75) is 19.8 Å². The van der Waals surface area contributed by atoms with Gasteiger partial charge in [0.15, 0.2) is 5.78 Å². The standard InChI is InChI=1S/C14H13ClOS/c1-10-4-2-3-5-11(10)6-7-12(16)13-8-9-14(15)17-13/h2-5,8-9H,6-7H2,1H3. The van der Waals surface area contributed by atoms with Gasteiger partial charge in [0.2, 0.25) is 0 Å². The highest BCUT2D eigenvalue weighted by atomic mass is 35.5. The van der Waals surface area contributed by atoms with Crippen LogP contribution in [0, 0.1) is 6.92 Å². The van der Waals surface area contributed by atoms with E-state index >= 15 is 0 Å². The second kappa shape index (κ2) is 5.48. The summed E-state index contributed by atoms with van der Waals surface area (Å²) in [5.41, 5.74) is 2.48. The molecular weight excluding hydrogens is 252 g/mol. The number of Topliss-reactive ketones (excluding diaryl/α,β-unsaturated/α-hetero) is 1. The smallest absolute Gasteiger partial charge is 0.173 e. The van der Waals surface area contributed by atoms with Crippen molar-refractivity contribution in [2.75, 3.05) is 0 Å². The van der Waals surface area contributed by atoms with E-state index in [1.807, 2.05) is 12.1 Å². The van der Waals surface area contributed by atoms with Crippen molar-refractivity contribution in [3.63, 3.8) is 0 Å². The summed E-state index contributed by atoms with van der Waals surface area (Å²) in [7, 11) is 0. The maximum Gasteiger partial charge on any atom is 0.173 e. The lowest BCUT2D eigenvalue weighted by molar-refractivity contribution is 0.0986. The van der Waals surface area contributed by atoms with Gasteiger partial charge in [0, 0.05) is 6.42 Å². The van der Waals surface area contributed by atoms with Gasteiger partial charge in [0.05, 0.1) is 9.21 Å². The number of hydrogen-bond acceptors (Lipinski definition) is 2. The number of benzene rings is 1. The average Bonchev–Trinajstić information content (AvgIpc) is 2.74. The van der Waals surface area contributed by atoms with Crippen LogP contribution >= 0.6 is 22.9 Å². The molecule has 88 valence electrons. The fourth-order valence-corrected chi connectivity index (χ4v) is 2.74. The Morgan fingerprint density at radius 2 is 2.00 bits per heavy atom. The van der Waals surface area contributed by atoms with Gasteiger partial charge in [-0.3, -0.25) is 4.79 Å². The van der Waals surface area contributed by atoms with Gasteiger partial charge in [-0.1, -0.05) is 35.9 Å². The van der Waals surface area contributed by atoms with Gasteiger partial charge in [-0.05, 0) is 36.6 Å². The van der Waals surface area contributed by atoms with E-state index in [9.17, 15) is 4.79 Å². The van der Waals surface area contributed by atoms with Gasteiger partial charge in [0.1, 0.15) is 0 Å². The number of ketones is 1. The van der Waals surface area contributed by atoms with Gasteiger partial charge in [0.25, 0.3) is 0 Å². The molecule has 0 amide bonds. The first-order chi connectivity index (χ1) is 8.16. The van der Waals surface area contributed by atoms with Gasteiger partial charge in [-0.25, -0.2) is 0 Å². The molecule has 2 aromatic rings. The van der Waals surface area contributed by atoms with Gasteiger partial charge in [-0.2, -0.15) is 0 Å². The zero-order valence-corrected chi connectivity index (χ0v) is 11.1. The molecule has 1 aromatic carbocycles. The minimum Gasteiger partial charge on any atom is -0.293 e. The molecule has 0 bridgehead atoms. The SMILES string of the molecule is Cc1ccccc1CCC(=O)c1ccc(Cl)s1. The summed E-state index contributed by atoms with van der Waals surface area (Å²) in [6.45, 7) is 2.07. The van der Waals surface area contributed by atoms with Crippen LogP contribution in [0.1, 0.15) is 27.2 Å². The van der Waals surface area contributed by atoms with Gasteiger partial charge in [-0.15, -0.1) is 11.3 Å². The topological polar surface area (TPSA) is 17.1 Å². The predicted molar refractivity (Wildman–Crippen MR) is 73.2 cm³/mol. The van der Waals surface area contributed by atoms with Crippen molar-refractivity contribution in [3.05, 3.63) is 56.7 Å². The number of carbonyl (C=O) groups excluding carboxylic acids is 1. The molecule has 1 heterocycles. The molecule has 1 nitrogen and oxygen atoms in total. The van der Waals surface area contributed by atoms with Crippen molar-refractivity contribution in [1.82, 2.24) is 0 Å². The number of hydrogen-bond donors (Lipinski definition) is 0. The molecule has 0 fully saturated rings. The Kier molecular flexibility index (Phi) is 3.97. The van der Waals surface area contributed by atoms with Gasteiger partial charge >= 0.3 is 0 Å². The Hall–Kier alpha value is -1.12. The molecule has 2 rings (SSSR count). The van der Waals surface area contributed by atoms with E-state index in [2.05, 4.69) is 19.1 Å². The third kappa shape index (κ3) is 3.18. The molecular formula is C14H13ClOS. The number of carbonyl (C=O) groups is 1. The van der Waals surface area contributed by atoms with E-state index in [0.29, 0.717) is 10.8 Å². The molecule has 0 aliphatic heterocycles. The van der Waals surface area contributed by atoms with Crippen molar-refractivity contribution in [1.29, 1.82) is 0 Å². The molecule has 17 heavy (non-hydrogen) atoms. The van der Waals surface area contributed by atoms with Crippen LogP contribution in [-0.2, 0) is 6.42 Å². The summed E-state index contributed by atoms with van der Waals surface area (Å²) in [5, 5.41) is 0. The normalized spacial score (nSPS) is 10.5.